The van der Waals surface area contributed by atoms with Crippen LogP contribution in [0.25, 0.3) is 0 Å². The minimum Gasteiger partial charge on any atom is -0.428 e. The normalized spacial score (nSPS) is 16.4. The van der Waals surface area contributed by atoms with Gasteiger partial charge in [-0.25, -0.2) is 9.59 Å². The fourth-order valence-electron chi connectivity index (χ4n) is 2.30. The van der Waals surface area contributed by atoms with E-state index in [-0.39, 0.29) is 17.0 Å². The van der Waals surface area contributed by atoms with Crippen molar-refractivity contribution in [3.05, 3.63) is 67.8 Å². The number of nitro groups is 1. The maximum atomic E-state index is 12.0. The third kappa shape index (κ3) is 2.30. The molecule has 1 aromatic carbocycles. The van der Waals surface area contributed by atoms with E-state index in [0.29, 0.717) is 11.3 Å². The van der Waals surface area contributed by atoms with Crippen LogP contribution in [0.1, 0.15) is 22.9 Å². The van der Waals surface area contributed by atoms with Crippen LogP contribution in [-0.4, -0.2) is 11.0 Å². The number of amides is 1. The van der Waals surface area contributed by atoms with Gasteiger partial charge in [0.25, 0.3) is 5.69 Å². The average molecular weight is 302 g/mol. The molecule has 2 aromatic rings. The number of carbonyl (C=O) groups is 1. The Morgan fingerprint density at radius 3 is 2.55 bits per heavy atom. The first-order chi connectivity index (χ1) is 10.5. The van der Waals surface area contributed by atoms with Gasteiger partial charge in [0, 0.05) is 18.2 Å². The third-order valence-electron chi connectivity index (χ3n) is 3.26. The lowest BCUT2D eigenvalue weighted by molar-refractivity contribution is -0.384. The van der Waals surface area contributed by atoms with Gasteiger partial charge in [0.2, 0.25) is 0 Å². The molecule has 1 aromatic heterocycles. The van der Waals surface area contributed by atoms with Crippen LogP contribution >= 0.6 is 0 Å². The summed E-state index contributed by atoms with van der Waals surface area (Å²) < 4.78 is 10.0. The molecule has 1 aliphatic heterocycles. The molecule has 0 aliphatic carbocycles. The Kier molecular flexibility index (Phi) is 3.13. The first-order valence-corrected chi connectivity index (χ1v) is 6.33. The van der Waals surface area contributed by atoms with Gasteiger partial charge in [-0.15, -0.1) is 0 Å². The van der Waals surface area contributed by atoms with Crippen molar-refractivity contribution in [3.8, 4) is 5.75 Å². The zero-order valence-corrected chi connectivity index (χ0v) is 11.4. The maximum absolute atomic E-state index is 12.0. The molecule has 3 rings (SSSR count). The molecule has 8 nitrogen and oxygen atoms in total. The van der Waals surface area contributed by atoms with Crippen LogP contribution in [0.5, 0.6) is 5.75 Å². The first-order valence-electron chi connectivity index (χ1n) is 6.33. The predicted octanol–water partition coefficient (Wildman–Crippen LogP) is 2.05. The standard InChI is InChI=1S/C14H10N2O6/c1-7-6-10-11(13(17)21-7)12(15-14(18)22-10)8-2-4-9(5-3-8)16(19)20/h2-6,12H,1H3,(H,15,18). The van der Waals surface area contributed by atoms with Gasteiger partial charge in [0.15, 0.2) is 0 Å². The lowest BCUT2D eigenvalue weighted by Crippen LogP contribution is -2.39. The molecule has 112 valence electrons. The summed E-state index contributed by atoms with van der Waals surface area (Å²) in [4.78, 5) is 33.8. The summed E-state index contributed by atoms with van der Waals surface area (Å²) >= 11 is 0. The zero-order valence-electron chi connectivity index (χ0n) is 11.4. The number of benzene rings is 1. The van der Waals surface area contributed by atoms with Crippen molar-refractivity contribution in [2.45, 2.75) is 13.0 Å². The Balaban J connectivity index is 2.11. The minimum atomic E-state index is -0.783. The molecule has 1 amide bonds. The van der Waals surface area contributed by atoms with Gasteiger partial charge >= 0.3 is 11.7 Å². The van der Waals surface area contributed by atoms with Gasteiger partial charge in [0.05, 0.1) is 11.0 Å². The van der Waals surface area contributed by atoms with Crippen molar-refractivity contribution in [1.82, 2.24) is 5.32 Å². The minimum absolute atomic E-state index is 0.0849. The van der Waals surface area contributed by atoms with Crippen LogP contribution < -0.4 is 15.7 Å². The summed E-state index contributed by atoms with van der Waals surface area (Å²) in [6.07, 6.45) is -0.708. The van der Waals surface area contributed by atoms with Gasteiger partial charge in [-0.05, 0) is 24.6 Å². The van der Waals surface area contributed by atoms with E-state index in [1.807, 2.05) is 0 Å². The summed E-state index contributed by atoms with van der Waals surface area (Å²) in [7, 11) is 0. The third-order valence-corrected chi connectivity index (χ3v) is 3.26. The van der Waals surface area contributed by atoms with E-state index in [1.54, 1.807) is 6.92 Å². The molecule has 1 N–H and O–H groups in total. The van der Waals surface area contributed by atoms with E-state index in [1.165, 1.54) is 30.3 Å². The fourth-order valence-corrected chi connectivity index (χ4v) is 2.30. The van der Waals surface area contributed by atoms with E-state index in [9.17, 15) is 19.7 Å². The molecular formula is C14H10N2O6. The number of nitro benzene ring substituents is 1. The molecule has 8 heteroatoms. The quantitative estimate of drug-likeness (QED) is 0.671. The van der Waals surface area contributed by atoms with Crippen molar-refractivity contribution >= 4 is 11.8 Å². The second-order valence-corrected chi connectivity index (χ2v) is 4.74. The molecule has 22 heavy (non-hydrogen) atoms. The maximum Gasteiger partial charge on any atom is 0.413 e. The van der Waals surface area contributed by atoms with Gasteiger partial charge in [-0.1, -0.05) is 0 Å². The van der Waals surface area contributed by atoms with Gasteiger partial charge < -0.3 is 14.5 Å². The summed E-state index contributed by atoms with van der Waals surface area (Å²) in [6.45, 7) is 1.57. The number of nitrogens with zero attached hydrogens (tertiary/aromatic N) is 1. The van der Waals surface area contributed by atoms with Crippen molar-refractivity contribution in [2.75, 3.05) is 0 Å². The molecule has 0 bridgehead atoms. The molecular weight excluding hydrogens is 292 g/mol. The van der Waals surface area contributed by atoms with Crippen LogP contribution in [0.4, 0.5) is 10.5 Å². The Morgan fingerprint density at radius 2 is 1.91 bits per heavy atom. The molecule has 1 atom stereocenters. The number of hydrogen-bond donors (Lipinski definition) is 1. The second kappa shape index (κ2) is 4.99. The highest BCUT2D eigenvalue weighted by Gasteiger charge is 2.31. The predicted molar refractivity (Wildman–Crippen MR) is 73.8 cm³/mol. The number of rotatable bonds is 2. The van der Waals surface area contributed by atoms with Crippen molar-refractivity contribution in [3.63, 3.8) is 0 Å². The highest BCUT2D eigenvalue weighted by Crippen LogP contribution is 2.32. The number of carbonyl (C=O) groups excluding carboxylic acids is 1. The lowest BCUT2D eigenvalue weighted by Gasteiger charge is -2.25. The number of fused-ring (bicyclic) bond motifs is 1. The highest BCUT2D eigenvalue weighted by atomic mass is 16.6. The molecule has 1 unspecified atom stereocenters. The fraction of sp³-hybridized carbons (Fsp3) is 0.143. The smallest absolute Gasteiger partial charge is 0.413 e. The van der Waals surface area contributed by atoms with Gasteiger partial charge in [0.1, 0.15) is 17.1 Å². The van der Waals surface area contributed by atoms with Crippen LogP contribution in [0.15, 0.2) is 39.5 Å². The Bertz CT molecular complexity index is 824. The average Bonchev–Trinajstić information content (AvgIpc) is 2.45. The van der Waals surface area contributed by atoms with E-state index >= 15 is 0 Å². The molecule has 2 heterocycles. The summed E-state index contributed by atoms with van der Waals surface area (Å²) in [5, 5.41) is 13.2. The molecule has 1 aliphatic rings. The Labute approximate surface area is 123 Å². The summed E-state index contributed by atoms with van der Waals surface area (Å²) in [5.41, 5.74) is -0.0460. The highest BCUT2D eigenvalue weighted by molar-refractivity contribution is 5.75. The molecule has 0 saturated heterocycles. The molecule has 0 radical (unpaired) electrons. The number of nitrogens with one attached hydrogen (secondary N) is 1. The number of aryl methyl sites for hydroxylation is 1. The number of hydrogen-bond acceptors (Lipinski definition) is 6. The van der Waals surface area contributed by atoms with E-state index in [2.05, 4.69) is 5.32 Å². The van der Waals surface area contributed by atoms with E-state index in [4.69, 9.17) is 9.15 Å². The van der Waals surface area contributed by atoms with Crippen molar-refractivity contribution in [2.24, 2.45) is 0 Å². The van der Waals surface area contributed by atoms with Crippen molar-refractivity contribution < 1.29 is 18.9 Å². The van der Waals surface area contributed by atoms with Crippen molar-refractivity contribution in [1.29, 1.82) is 0 Å². The SMILES string of the molecule is Cc1cc2c(c(=O)o1)C(c1ccc([N+](=O)[O-])cc1)NC(=O)O2. The lowest BCUT2D eigenvalue weighted by atomic mass is 9.98. The first kappa shape index (κ1) is 13.8. The van der Waals surface area contributed by atoms with Crippen LogP contribution in [0.2, 0.25) is 0 Å². The molecule has 0 saturated carbocycles. The summed E-state index contributed by atoms with van der Waals surface area (Å²) in [6, 6.07) is 6.20. The van der Waals surface area contributed by atoms with E-state index in [0.717, 1.165) is 0 Å². The monoisotopic (exact) mass is 302 g/mol. The number of non-ortho nitro benzene ring substituents is 1. The van der Waals surface area contributed by atoms with E-state index < -0.39 is 22.7 Å². The second-order valence-electron chi connectivity index (χ2n) is 4.74. The summed E-state index contributed by atoms with van der Waals surface area (Å²) in [5.74, 6) is 0.446. The van der Waals surface area contributed by atoms with Gasteiger partial charge in [-0.2, -0.15) is 0 Å². The Morgan fingerprint density at radius 1 is 1.23 bits per heavy atom. The molecule has 0 fully saturated rings. The molecule has 0 spiro atoms. The van der Waals surface area contributed by atoms with Gasteiger partial charge in [-0.3, -0.25) is 10.1 Å². The largest absolute Gasteiger partial charge is 0.428 e. The van der Waals surface area contributed by atoms with Crippen LogP contribution in [0.3, 0.4) is 0 Å². The Hall–Kier alpha value is -3.16. The topological polar surface area (TPSA) is 112 Å². The van der Waals surface area contributed by atoms with Crippen LogP contribution in [0, 0.1) is 17.0 Å². The van der Waals surface area contributed by atoms with Crippen LogP contribution in [-0.2, 0) is 0 Å². The zero-order chi connectivity index (χ0) is 15.9. The number of ether oxygens (including phenoxy) is 1.